The minimum atomic E-state index is 0.0280. The summed E-state index contributed by atoms with van der Waals surface area (Å²) in [5.41, 5.74) is 4.91. The quantitative estimate of drug-likeness (QED) is 0.856. The van der Waals surface area contributed by atoms with Gasteiger partial charge in [-0.3, -0.25) is 4.79 Å². The predicted octanol–water partition coefficient (Wildman–Crippen LogP) is 3.53. The number of carbonyl (C=O) groups is 1. The number of halogens is 1. The highest BCUT2D eigenvalue weighted by atomic mass is 35.5. The van der Waals surface area contributed by atoms with Crippen LogP contribution in [0.4, 0.5) is 0 Å². The van der Waals surface area contributed by atoms with Gasteiger partial charge in [0.25, 0.3) is 0 Å². The van der Waals surface area contributed by atoms with Gasteiger partial charge >= 0.3 is 0 Å². The third kappa shape index (κ3) is 2.49. The van der Waals surface area contributed by atoms with Gasteiger partial charge in [0, 0.05) is 22.7 Å². The molecule has 0 radical (unpaired) electrons. The SMILES string of the molecule is Cc1ccc(C(=O)c2ccc3c(c2)CNCC3)cc1Cl. The Morgan fingerprint density at radius 3 is 2.65 bits per heavy atom. The smallest absolute Gasteiger partial charge is 0.193 e. The molecule has 2 aromatic rings. The Labute approximate surface area is 123 Å². The lowest BCUT2D eigenvalue weighted by Gasteiger charge is -2.17. The molecule has 0 saturated carbocycles. The minimum Gasteiger partial charge on any atom is -0.312 e. The Kier molecular flexibility index (Phi) is 3.60. The highest BCUT2D eigenvalue weighted by Crippen LogP contribution is 2.21. The van der Waals surface area contributed by atoms with Gasteiger partial charge in [-0.25, -0.2) is 0 Å². The van der Waals surface area contributed by atoms with Crippen LogP contribution in [0.3, 0.4) is 0 Å². The van der Waals surface area contributed by atoms with E-state index >= 15 is 0 Å². The molecule has 102 valence electrons. The Morgan fingerprint density at radius 1 is 1.10 bits per heavy atom. The van der Waals surface area contributed by atoms with Gasteiger partial charge in [0.2, 0.25) is 0 Å². The van der Waals surface area contributed by atoms with Crippen molar-refractivity contribution in [3.8, 4) is 0 Å². The Morgan fingerprint density at radius 2 is 1.85 bits per heavy atom. The molecule has 3 heteroatoms. The molecular weight excluding hydrogens is 270 g/mol. The topological polar surface area (TPSA) is 29.1 Å². The zero-order valence-corrected chi connectivity index (χ0v) is 12.1. The van der Waals surface area contributed by atoms with Gasteiger partial charge in [-0.1, -0.05) is 35.9 Å². The fraction of sp³-hybridized carbons (Fsp3) is 0.235. The van der Waals surface area contributed by atoms with E-state index < -0.39 is 0 Å². The Bertz CT molecular complexity index is 679. The van der Waals surface area contributed by atoms with Crippen molar-refractivity contribution >= 4 is 17.4 Å². The molecule has 0 aliphatic carbocycles. The van der Waals surface area contributed by atoms with E-state index in [9.17, 15) is 4.79 Å². The maximum Gasteiger partial charge on any atom is 0.193 e. The molecule has 2 aromatic carbocycles. The van der Waals surface area contributed by atoms with Crippen LogP contribution in [-0.2, 0) is 13.0 Å². The number of rotatable bonds is 2. The molecule has 1 aliphatic heterocycles. The molecular formula is C17H16ClNO. The summed E-state index contributed by atoms with van der Waals surface area (Å²) in [5, 5.41) is 3.97. The van der Waals surface area contributed by atoms with Crippen LogP contribution in [0.25, 0.3) is 0 Å². The number of benzene rings is 2. The van der Waals surface area contributed by atoms with E-state index in [0.29, 0.717) is 10.6 Å². The highest BCUT2D eigenvalue weighted by Gasteiger charge is 2.14. The molecule has 0 unspecified atom stereocenters. The number of hydrogen-bond acceptors (Lipinski definition) is 2. The molecule has 20 heavy (non-hydrogen) atoms. The molecule has 0 spiro atoms. The average Bonchev–Trinajstić information content (AvgIpc) is 2.49. The van der Waals surface area contributed by atoms with Gasteiger partial charge < -0.3 is 5.32 Å². The minimum absolute atomic E-state index is 0.0280. The summed E-state index contributed by atoms with van der Waals surface area (Å²) in [6.07, 6.45) is 1.03. The molecule has 0 aromatic heterocycles. The van der Waals surface area contributed by atoms with Crippen molar-refractivity contribution in [1.82, 2.24) is 5.32 Å². The largest absolute Gasteiger partial charge is 0.312 e. The Balaban J connectivity index is 1.95. The molecule has 2 nitrogen and oxygen atoms in total. The maximum absolute atomic E-state index is 12.5. The van der Waals surface area contributed by atoms with Gasteiger partial charge in [-0.15, -0.1) is 0 Å². The second kappa shape index (κ2) is 5.39. The summed E-state index contributed by atoms with van der Waals surface area (Å²) in [7, 11) is 0. The van der Waals surface area contributed by atoms with Crippen LogP contribution in [0.15, 0.2) is 36.4 Å². The average molecular weight is 286 g/mol. The summed E-state index contributed by atoms with van der Waals surface area (Å²) in [5.74, 6) is 0.0280. The normalized spacial score (nSPS) is 13.9. The number of hydrogen-bond donors (Lipinski definition) is 1. The van der Waals surface area contributed by atoms with Crippen LogP contribution in [0.5, 0.6) is 0 Å². The van der Waals surface area contributed by atoms with E-state index in [-0.39, 0.29) is 5.78 Å². The van der Waals surface area contributed by atoms with Gasteiger partial charge in [0.15, 0.2) is 5.78 Å². The van der Waals surface area contributed by atoms with Crippen LogP contribution in [-0.4, -0.2) is 12.3 Å². The fourth-order valence-electron chi connectivity index (χ4n) is 2.52. The first kappa shape index (κ1) is 13.3. The van der Waals surface area contributed by atoms with Crippen LogP contribution in [0.2, 0.25) is 5.02 Å². The van der Waals surface area contributed by atoms with E-state index in [1.165, 1.54) is 11.1 Å². The van der Waals surface area contributed by atoms with Crippen molar-refractivity contribution in [3.05, 3.63) is 69.2 Å². The van der Waals surface area contributed by atoms with Crippen LogP contribution < -0.4 is 5.32 Å². The van der Waals surface area contributed by atoms with E-state index in [2.05, 4.69) is 11.4 Å². The van der Waals surface area contributed by atoms with Gasteiger partial charge in [0.05, 0.1) is 0 Å². The zero-order chi connectivity index (χ0) is 14.1. The standard InChI is InChI=1S/C17H16ClNO/c1-11-2-3-14(9-16(11)18)17(20)13-5-4-12-6-7-19-10-15(12)8-13/h2-5,8-9,19H,6-7,10H2,1H3. The molecule has 0 amide bonds. The summed E-state index contributed by atoms with van der Waals surface area (Å²) in [6, 6.07) is 11.4. The maximum atomic E-state index is 12.5. The third-order valence-electron chi connectivity index (χ3n) is 3.79. The molecule has 0 saturated heterocycles. The van der Waals surface area contributed by atoms with E-state index in [4.69, 9.17) is 11.6 Å². The van der Waals surface area contributed by atoms with E-state index in [0.717, 1.165) is 30.6 Å². The van der Waals surface area contributed by atoms with Crippen LogP contribution in [0, 0.1) is 6.92 Å². The fourth-order valence-corrected chi connectivity index (χ4v) is 2.70. The van der Waals surface area contributed by atoms with Crippen molar-refractivity contribution in [1.29, 1.82) is 0 Å². The van der Waals surface area contributed by atoms with Gasteiger partial charge in [0.1, 0.15) is 0 Å². The second-order valence-corrected chi connectivity index (χ2v) is 5.61. The van der Waals surface area contributed by atoms with E-state index in [1.54, 1.807) is 6.07 Å². The first-order chi connectivity index (χ1) is 9.65. The summed E-state index contributed by atoms with van der Waals surface area (Å²) >= 11 is 6.10. The van der Waals surface area contributed by atoms with Crippen molar-refractivity contribution in [3.63, 3.8) is 0 Å². The number of carbonyl (C=O) groups excluding carboxylic acids is 1. The number of ketones is 1. The zero-order valence-electron chi connectivity index (χ0n) is 11.4. The van der Waals surface area contributed by atoms with Crippen molar-refractivity contribution in [2.45, 2.75) is 19.9 Å². The lowest BCUT2D eigenvalue weighted by atomic mass is 9.95. The number of fused-ring (bicyclic) bond motifs is 1. The lowest BCUT2D eigenvalue weighted by Crippen LogP contribution is -2.23. The van der Waals surface area contributed by atoms with Gasteiger partial charge in [-0.2, -0.15) is 0 Å². The monoisotopic (exact) mass is 285 g/mol. The highest BCUT2D eigenvalue weighted by molar-refractivity contribution is 6.31. The summed E-state index contributed by atoms with van der Waals surface area (Å²) in [4.78, 5) is 12.5. The van der Waals surface area contributed by atoms with Crippen LogP contribution >= 0.6 is 11.6 Å². The molecule has 0 bridgehead atoms. The van der Waals surface area contributed by atoms with E-state index in [1.807, 2.05) is 31.2 Å². The second-order valence-electron chi connectivity index (χ2n) is 5.20. The van der Waals surface area contributed by atoms with Crippen molar-refractivity contribution < 1.29 is 4.79 Å². The lowest BCUT2D eigenvalue weighted by molar-refractivity contribution is 0.103. The van der Waals surface area contributed by atoms with Crippen LogP contribution in [0.1, 0.15) is 32.6 Å². The predicted molar refractivity (Wildman–Crippen MR) is 81.5 cm³/mol. The number of nitrogens with one attached hydrogen (secondary N) is 1. The number of aryl methyl sites for hydroxylation is 1. The Hall–Kier alpha value is -1.64. The molecule has 1 N–H and O–H groups in total. The molecule has 1 aliphatic rings. The third-order valence-corrected chi connectivity index (χ3v) is 4.20. The first-order valence-corrected chi connectivity index (χ1v) is 7.16. The van der Waals surface area contributed by atoms with Crippen molar-refractivity contribution in [2.24, 2.45) is 0 Å². The van der Waals surface area contributed by atoms with Gasteiger partial charge in [-0.05, 0) is 48.7 Å². The first-order valence-electron chi connectivity index (χ1n) is 6.78. The van der Waals surface area contributed by atoms with Crippen molar-refractivity contribution in [2.75, 3.05) is 6.54 Å². The summed E-state index contributed by atoms with van der Waals surface area (Å²) < 4.78 is 0. The molecule has 3 rings (SSSR count). The summed E-state index contributed by atoms with van der Waals surface area (Å²) in [6.45, 7) is 3.78. The molecule has 0 atom stereocenters. The molecule has 1 heterocycles. The molecule has 0 fully saturated rings.